The molecule has 5 rings (SSSR count). The second-order valence-electron chi connectivity index (χ2n) is 8.19. The van der Waals surface area contributed by atoms with Crippen molar-refractivity contribution in [2.75, 3.05) is 6.26 Å². The molecule has 0 spiro atoms. The molecule has 6 nitrogen and oxygen atoms in total. The van der Waals surface area contributed by atoms with Crippen molar-refractivity contribution in [2.24, 2.45) is 0 Å². The Morgan fingerprint density at radius 2 is 1.42 bits per heavy atom. The number of aryl methyl sites for hydroxylation is 1. The molecule has 8 heteroatoms. The number of aromatic nitrogens is 2. The molecule has 0 radical (unpaired) electrons. The average Bonchev–Trinajstić information content (AvgIpc) is 3.32. The minimum atomic E-state index is -4.00. The molecule has 2 aromatic heterocycles. The lowest BCUT2D eigenvalue weighted by Gasteiger charge is -2.10. The first-order valence-electron chi connectivity index (χ1n) is 11.3. The summed E-state index contributed by atoms with van der Waals surface area (Å²) in [6.45, 7) is 2.17. The van der Waals surface area contributed by atoms with Gasteiger partial charge in [-0.05, 0) is 53.4 Å². The van der Waals surface area contributed by atoms with Crippen LogP contribution < -0.4 is 0 Å². The molecule has 3 aromatic carbocycles. The van der Waals surface area contributed by atoms with Crippen LogP contribution in [0.4, 0.5) is 0 Å². The van der Waals surface area contributed by atoms with Crippen molar-refractivity contribution in [1.82, 2.24) is 8.96 Å². The summed E-state index contributed by atoms with van der Waals surface area (Å²) >= 11 is 0. The molecule has 0 aliphatic carbocycles. The highest BCUT2D eigenvalue weighted by atomic mass is 32.2. The van der Waals surface area contributed by atoms with Crippen molar-refractivity contribution in [3.63, 3.8) is 0 Å². The van der Waals surface area contributed by atoms with Crippen molar-refractivity contribution in [3.8, 4) is 11.1 Å². The van der Waals surface area contributed by atoms with Crippen LogP contribution in [-0.4, -0.2) is 32.0 Å². The first kappa shape index (κ1) is 25.3. The number of sulfone groups is 1. The predicted molar refractivity (Wildman–Crippen MR) is 143 cm³/mol. The maximum absolute atomic E-state index is 12.9. The second kappa shape index (κ2) is 10.5. The zero-order valence-electron chi connectivity index (χ0n) is 19.9. The molecule has 0 unspecified atom stereocenters. The minimum absolute atomic E-state index is 0.0428. The quantitative estimate of drug-likeness (QED) is 0.303. The van der Waals surface area contributed by atoms with E-state index in [1.807, 2.05) is 12.3 Å². The highest BCUT2D eigenvalue weighted by molar-refractivity contribution is 7.93. The third-order valence-electron chi connectivity index (χ3n) is 5.65. The van der Waals surface area contributed by atoms with Crippen molar-refractivity contribution >= 4 is 30.8 Å². The zero-order chi connectivity index (χ0) is 25.8. The van der Waals surface area contributed by atoms with E-state index >= 15 is 0 Å². The van der Waals surface area contributed by atoms with E-state index in [1.165, 1.54) is 34.9 Å². The highest BCUT2D eigenvalue weighted by Crippen LogP contribution is 2.28. The van der Waals surface area contributed by atoms with E-state index in [1.54, 1.807) is 48.7 Å². The van der Waals surface area contributed by atoms with Gasteiger partial charge < -0.3 is 0 Å². The summed E-state index contributed by atoms with van der Waals surface area (Å²) in [7, 11) is -7.70. The number of rotatable bonds is 5. The van der Waals surface area contributed by atoms with Crippen molar-refractivity contribution < 1.29 is 16.8 Å². The summed E-state index contributed by atoms with van der Waals surface area (Å²) in [5, 5.41) is 0.319. The SMILES string of the molecule is CCc1ccc(-c2cccnc2)cc1.CS(=O)(=O)c1cc2ccccc2n1S(=O)(=O)c1ccccc1. The number of fused-ring (bicyclic) bond motifs is 1. The van der Waals surface area contributed by atoms with Crippen LogP contribution in [0.25, 0.3) is 22.0 Å². The first-order chi connectivity index (χ1) is 17.2. The van der Waals surface area contributed by atoms with Crippen LogP contribution in [0.5, 0.6) is 0 Å². The largest absolute Gasteiger partial charge is 0.269 e. The van der Waals surface area contributed by atoms with Crippen molar-refractivity contribution in [1.29, 1.82) is 0 Å². The molecule has 5 aromatic rings. The molecule has 0 saturated heterocycles. The van der Waals surface area contributed by atoms with E-state index in [0.717, 1.165) is 16.6 Å². The van der Waals surface area contributed by atoms with Crippen LogP contribution in [0.3, 0.4) is 0 Å². The van der Waals surface area contributed by atoms with E-state index in [2.05, 4.69) is 42.2 Å². The maximum atomic E-state index is 12.9. The Kier molecular flexibility index (Phi) is 7.37. The molecule has 0 atom stereocenters. The summed E-state index contributed by atoms with van der Waals surface area (Å²) in [6, 6.07) is 28.5. The van der Waals surface area contributed by atoms with Crippen LogP contribution in [0.15, 0.2) is 119 Å². The Morgan fingerprint density at radius 3 is 2.03 bits per heavy atom. The van der Waals surface area contributed by atoms with Gasteiger partial charge in [-0.25, -0.2) is 20.8 Å². The summed E-state index contributed by atoms with van der Waals surface area (Å²) in [4.78, 5) is 4.15. The van der Waals surface area contributed by atoms with Gasteiger partial charge in [0.2, 0.25) is 0 Å². The number of para-hydroxylation sites is 1. The lowest BCUT2D eigenvalue weighted by Crippen LogP contribution is -2.17. The predicted octanol–water partition coefficient (Wildman–Crippen LogP) is 5.59. The van der Waals surface area contributed by atoms with Gasteiger partial charge in [0.25, 0.3) is 10.0 Å². The smallest absolute Gasteiger partial charge is 0.264 e. The number of hydrogen-bond donors (Lipinski definition) is 0. The van der Waals surface area contributed by atoms with Gasteiger partial charge in [0, 0.05) is 24.0 Å². The fourth-order valence-corrected chi connectivity index (χ4v) is 6.64. The third kappa shape index (κ3) is 5.40. The number of nitrogens with zero attached hydrogens (tertiary/aromatic N) is 2. The van der Waals surface area contributed by atoms with E-state index < -0.39 is 19.9 Å². The van der Waals surface area contributed by atoms with Gasteiger partial charge in [0.15, 0.2) is 9.84 Å². The topological polar surface area (TPSA) is 86.1 Å². The van der Waals surface area contributed by atoms with Gasteiger partial charge >= 0.3 is 0 Å². The average molecular weight is 519 g/mol. The second-order valence-corrected chi connectivity index (χ2v) is 11.9. The number of hydrogen-bond acceptors (Lipinski definition) is 5. The van der Waals surface area contributed by atoms with Gasteiger partial charge in [0.1, 0.15) is 5.03 Å². The van der Waals surface area contributed by atoms with Crippen LogP contribution in [0, 0.1) is 0 Å². The fraction of sp³-hybridized carbons (Fsp3) is 0.107. The Morgan fingerprint density at radius 1 is 0.750 bits per heavy atom. The lowest BCUT2D eigenvalue weighted by atomic mass is 10.1. The molecule has 0 aliphatic rings. The summed E-state index contributed by atoms with van der Waals surface area (Å²) < 4.78 is 50.7. The molecular formula is C28H26N2O4S2. The Labute approximate surface area is 211 Å². The Balaban J connectivity index is 0.000000187. The molecular weight excluding hydrogens is 492 g/mol. The van der Waals surface area contributed by atoms with Gasteiger partial charge in [-0.2, -0.15) is 0 Å². The Hall–Kier alpha value is -3.75. The standard InChI is InChI=1S/C15H13NO4S2.C13H13N/c1-21(17,18)15-11-12-7-5-6-10-14(12)16(15)22(19,20)13-8-3-2-4-9-13;1-2-11-5-7-12(8-6-11)13-4-3-9-14-10-13/h2-11H,1H3;3-10H,2H2,1H3. The van der Waals surface area contributed by atoms with Gasteiger partial charge in [-0.1, -0.05) is 73.7 Å². The van der Waals surface area contributed by atoms with Crippen LogP contribution in [0.2, 0.25) is 0 Å². The normalized spacial score (nSPS) is 11.6. The van der Waals surface area contributed by atoms with Crippen LogP contribution in [0.1, 0.15) is 12.5 Å². The highest BCUT2D eigenvalue weighted by Gasteiger charge is 2.27. The number of pyridine rings is 1. The van der Waals surface area contributed by atoms with Crippen LogP contribution >= 0.6 is 0 Å². The van der Waals surface area contributed by atoms with Gasteiger partial charge in [-0.3, -0.25) is 4.98 Å². The molecule has 0 amide bonds. The van der Waals surface area contributed by atoms with Crippen molar-refractivity contribution in [3.05, 3.63) is 115 Å². The molecule has 2 heterocycles. The van der Waals surface area contributed by atoms with E-state index in [4.69, 9.17) is 0 Å². The molecule has 0 aliphatic heterocycles. The Bertz CT molecular complexity index is 1680. The summed E-state index contributed by atoms with van der Waals surface area (Å²) in [5.74, 6) is 0. The zero-order valence-corrected chi connectivity index (χ0v) is 21.6. The van der Waals surface area contributed by atoms with E-state index in [9.17, 15) is 16.8 Å². The molecule has 184 valence electrons. The molecule has 0 saturated carbocycles. The van der Waals surface area contributed by atoms with E-state index in [0.29, 0.717) is 10.9 Å². The van der Waals surface area contributed by atoms with Gasteiger partial charge in [-0.15, -0.1) is 0 Å². The molecule has 0 bridgehead atoms. The summed E-state index contributed by atoms with van der Waals surface area (Å²) in [5.41, 5.74) is 4.12. The summed E-state index contributed by atoms with van der Waals surface area (Å²) in [6.07, 6.45) is 5.77. The minimum Gasteiger partial charge on any atom is -0.264 e. The fourth-order valence-electron chi connectivity index (χ4n) is 3.77. The van der Waals surface area contributed by atoms with Gasteiger partial charge in [0.05, 0.1) is 10.4 Å². The molecule has 0 N–H and O–H groups in total. The molecule has 0 fully saturated rings. The van der Waals surface area contributed by atoms with E-state index in [-0.39, 0.29) is 9.92 Å². The number of benzene rings is 3. The lowest BCUT2D eigenvalue weighted by molar-refractivity contribution is 0.576. The monoisotopic (exact) mass is 518 g/mol. The third-order valence-corrected chi connectivity index (χ3v) is 8.57. The molecule has 36 heavy (non-hydrogen) atoms. The van der Waals surface area contributed by atoms with Crippen LogP contribution in [-0.2, 0) is 26.3 Å². The van der Waals surface area contributed by atoms with Crippen molar-refractivity contribution in [2.45, 2.75) is 23.3 Å². The maximum Gasteiger partial charge on any atom is 0.269 e. The first-order valence-corrected chi connectivity index (χ1v) is 14.7.